The van der Waals surface area contributed by atoms with Gasteiger partial charge in [-0.25, -0.2) is 9.59 Å². The number of amides is 2. The van der Waals surface area contributed by atoms with Crippen LogP contribution in [0.5, 0.6) is 0 Å². The normalized spacial score (nSPS) is 13.4. The number of carbonyl (C=O) groups excluding carboxylic acids is 3. The lowest BCUT2D eigenvalue weighted by Crippen LogP contribution is -2.53. The summed E-state index contributed by atoms with van der Waals surface area (Å²) in [5, 5.41) is 22.8. The fourth-order valence-corrected chi connectivity index (χ4v) is 2.14. The molecule has 1 aromatic carbocycles. The predicted molar refractivity (Wildman–Crippen MR) is 94.0 cm³/mol. The summed E-state index contributed by atoms with van der Waals surface area (Å²) in [4.78, 5) is 35.9. The van der Waals surface area contributed by atoms with Crippen LogP contribution in [0.2, 0.25) is 0 Å². The molecule has 0 aliphatic heterocycles. The molecule has 9 heteroatoms. The number of alkyl carbamates (subject to hydrolysis) is 1. The molecule has 9 nitrogen and oxygen atoms in total. The number of aliphatic hydroxyl groups is 1. The Hall–Kier alpha value is -3.12. The van der Waals surface area contributed by atoms with Crippen LogP contribution in [-0.2, 0) is 25.7 Å². The molecule has 0 saturated heterocycles. The number of nitrogens with zero attached hydrogens (tertiary/aromatic N) is 1. The number of ether oxygens (including phenoxy) is 2. The molecule has 1 rings (SSSR count). The minimum Gasteiger partial charge on any atom is -0.467 e. The van der Waals surface area contributed by atoms with Crippen LogP contribution in [0.15, 0.2) is 30.3 Å². The first-order valence-corrected chi connectivity index (χ1v) is 8.27. The molecule has 0 spiro atoms. The standard InChI is InChI=1S/C18H23N3O6/c1-12(9-19)8-14(17(24)26-2)20-16(23)15(10-22)21-18(25)27-11-13-6-4-3-5-7-13/h3-7,12,14-15,22H,8,10-11H2,1-2H3,(H,20,23)(H,21,25)/t12-,14+,15+/m1/s1. The zero-order valence-electron chi connectivity index (χ0n) is 15.2. The Labute approximate surface area is 157 Å². The Morgan fingerprint density at radius 1 is 1.19 bits per heavy atom. The summed E-state index contributed by atoms with van der Waals surface area (Å²) in [5.41, 5.74) is 0.758. The third kappa shape index (κ3) is 7.75. The van der Waals surface area contributed by atoms with Crippen LogP contribution in [0.1, 0.15) is 18.9 Å². The predicted octanol–water partition coefficient (Wildman–Crippen LogP) is 0.481. The van der Waals surface area contributed by atoms with Gasteiger partial charge >= 0.3 is 12.1 Å². The van der Waals surface area contributed by atoms with Gasteiger partial charge in [-0.1, -0.05) is 30.3 Å². The SMILES string of the molecule is COC(=O)[C@H](C[C@@H](C)C#N)NC(=O)[C@H](CO)NC(=O)OCc1ccccc1. The second-order valence-corrected chi connectivity index (χ2v) is 5.79. The topological polar surface area (TPSA) is 138 Å². The minimum absolute atomic E-state index is 0.00306. The minimum atomic E-state index is -1.32. The van der Waals surface area contributed by atoms with Crippen LogP contribution in [-0.4, -0.2) is 48.9 Å². The Balaban J connectivity index is 2.61. The summed E-state index contributed by atoms with van der Waals surface area (Å²) >= 11 is 0. The first-order chi connectivity index (χ1) is 12.9. The highest BCUT2D eigenvalue weighted by Gasteiger charge is 2.28. The molecule has 0 aromatic heterocycles. The van der Waals surface area contributed by atoms with E-state index < -0.39 is 42.6 Å². The molecule has 0 heterocycles. The number of hydrogen-bond acceptors (Lipinski definition) is 7. The van der Waals surface area contributed by atoms with E-state index in [1.165, 1.54) is 0 Å². The molecule has 0 aliphatic rings. The van der Waals surface area contributed by atoms with E-state index in [1.54, 1.807) is 31.2 Å². The van der Waals surface area contributed by atoms with Crippen molar-refractivity contribution < 1.29 is 29.0 Å². The molecule has 1 aromatic rings. The van der Waals surface area contributed by atoms with E-state index in [9.17, 15) is 19.5 Å². The Morgan fingerprint density at radius 2 is 1.85 bits per heavy atom. The zero-order chi connectivity index (χ0) is 20.2. The molecule has 27 heavy (non-hydrogen) atoms. The maximum absolute atomic E-state index is 12.3. The van der Waals surface area contributed by atoms with Crippen molar-refractivity contribution in [1.29, 1.82) is 5.26 Å². The number of aliphatic hydroxyl groups excluding tert-OH is 1. The van der Waals surface area contributed by atoms with Gasteiger partial charge in [0.1, 0.15) is 18.7 Å². The summed E-state index contributed by atoms with van der Waals surface area (Å²) in [6.45, 7) is 0.885. The Bertz CT molecular complexity index is 673. The van der Waals surface area contributed by atoms with Crippen LogP contribution >= 0.6 is 0 Å². The lowest BCUT2D eigenvalue weighted by molar-refractivity contribution is -0.145. The summed E-state index contributed by atoms with van der Waals surface area (Å²) in [5.74, 6) is -2.03. The molecule has 0 fully saturated rings. The van der Waals surface area contributed by atoms with Crippen LogP contribution < -0.4 is 10.6 Å². The van der Waals surface area contributed by atoms with Crippen molar-refractivity contribution in [3.8, 4) is 6.07 Å². The molecule has 0 bridgehead atoms. The van der Waals surface area contributed by atoms with Crippen molar-refractivity contribution in [3.63, 3.8) is 0 Å². The van der Waals surface area contributed by atoms with Crippen molar-refractivity contribution in [2.45, 2.75) is 32.0 Å². The van der Waals surface area contributed by atoms with Crippen LogP contribution in [0.3, 0.4) is 0 Å². The summed E-state index contributed by atoms with van der Waals surface area (Å²) in [7, 11) is 1.15. The number of hydrogen-bond donors (Lipinski definition) is 3. The summed E-state index contributed by atoms with van der Waals surface area (Å²) in [6.07, 6.45) is -0.862. The van der Waals surface area contributed by atoms with Crippen molar-refractivity contribution in [2.24, 2.45) is 5.92 Å². The van der Waals surface area contributed by atoms with E-state index in [-0.39, 0.29) is 13.0 Å². The molecular formula is C18H23N3O6. The maximum atomic E-state index is 12.3. The van der Waals surface area contributed by atoms with E-state index >= 15 is 0 Å². The molecule has 0 unspecified atom stereocenters. The monoisotopic (exact) mass is 377 g/mol. The van der Waals surface area contributed by atoms with Crippen LogP contribution in [0, 0.1) is 17.2 Å². The zero-order valence-corrected chi connectivity index (χ0v) is 15.2. The quantitative estimate of drug-likeness (QED) is 0.532. The number of esters is 1. The molecule has 3 atom stereocenters. The highest BCUT2D eigenvalue weighted by atomic mass is 16.5. The number of carbonyl (C=O) groups is 3. The second kappa shape index (κ2) is 11.5. The maximum Gasteiger partial charge on any atom is 0.408 e. The molecule has 0 aliphatic carbocycles. The van der Waals surface area contributed by atoms with Gasteiger partial charge in [-0.05, 0) is 18.9 Å². The van der Waals surface area contributed by atoms with Gasteiger partial charge in [0, 0.05) is 5.92 Å². The third-order valence-electron chi connectivity index (χ3n) is 3.62. The molecular weight excluding hydrogens is 354 g/mol. The van der Waals surface area contributed by atoms with Gasteiger partial charge in [0.2, 0.25) is 5.91 Å². The van der Waals surface area contributed by atoms with E-state index in [1.807, 2.05) is 12.1 Å². The van der Waals surface area contributed by atoms with Gasteiger partial charge in [-0.3, -0.25) is 4.79 Å². The van der Waals surface area contributed by atoms with Gasteiger partial charge in [0.05, 0.1) is 19.8 Å². The van der Waals surface area contributed by atoms with E-state index in [2.05, 4.69) is 15.4 Å². The molecule has 3 N–H and O–H groups in total. The van der Waals surface area contributed by atoms with Crippen molar-refractivity contribution in [3.05, 3.63) is 35.9 Å². The Kier molecular flexibility index (Phi) is 9.33. The molecule has 0 saturated carbocycles. The smallest absolute Gasteiger partial charge is 0.408 e. The number of nitrogens with one attached hydrogen (secondary N) is 2. The van der Waals surface area contributed by atoms with Crippen molar-refractivity contribution in [2.75, 3.05) is 13.7 Å². The lowest BCUT2D eigenvalue weighted by Gasteiger charge is -2.21. The second-order valence-electron chi connectivity index (χ2n) is 5.79. The number of rotatable bonds is 9. The largest absolute Gasteiger partial charge is 0.467 e. The van der Waals surface area contributed by atoms with E-state index in [0.29, 0.717) is 0 Å². The van der Waals surface area contributed by atoms with Crippen LogP contribution in [0.25, 0.3) is 0 Å². The van der Waals surface area contributed by atoms with Gasteiger partial charge in [-0.2, -0.15) is 5.26 Å². The van der Waals surface area contributed by atoms with Gasteiger partial charge in [0.25, 0.3) is 0 Å². The molecule has 146 valence electrons. The first-order valence-electron chi connectivity index (χ1n) is 8.27. The number of benzene rings is 1. The van der Waals surface area contributed by atoms with E-state index in [0.717, 1.165) is 12.7 Å². The highest BCUT2D eigenvalue weighted by Crippen LogP contribution is 2.07. The van der Waals surface area contributed by atoms with Crippen molar-refractivity contribution >= 4 is 18.0 Å². The summed E-state index contributed by atoms with van der Waals surface area (Å²) in [6, 6.07) is 8.48. The average Bonchev–Trinajstić information content (AvgIpc) is 2.69. The highest BCUT2D eigenvalue weighted by molar-refractivity contribution is 5.89. The van der Waals surface area contributed by atoms with Gasteiger partial charge in [0.15, 0.2) is 0 Å². The summed E-state index contributed by atoms with van der Waals surface area (Å²) < 4.78 is 9.59. The van der Waals surface area contributed by atoms with Gasteiger partial charge < -0.3 is 25.2 Å². The van der Waals surface area contributed by atoms with E-state index in [4.69, 9.17) is 10.00 Å². The molecule has 0 radical (unpaired) electrons. The third-order valence-corrected chi connectivity index (χ3v) is 3.62. The first kappa shape index (κ1) is 21.9. The van der Waals surface area contributed by atoms with Gasteiger partial charge in [-0.15, -0.1) is 0 Å². The fourth-order valence-electron chi connectivity index (χ4n) is 2.14. The Morgan fingerprint density at radius 3 is 2.41 bits per heavy atom. The average molecular weight is 377 g/mol. The number of nitriles is 1. The molecule has 2 amide bonds. The number of methoxy groups -OCH3 is 1. The van der Waals surface area contributed by atoms with Crippen LogP contribution in [0.4, 0.5) is 4.79 Å². The fraction of sp³-hybridized carbons (Fsp3) is 0.444. The van der Waals surface area contributed by atoms with Crippen molar-refractivity contribution in [1.82, 2.24) is 10.6 Å². The lowest BCUT2D eigenvalue weighted by atomic mass is 10.0.